The first-order chi connectivity index (χ1) is 29.5. The van der Waals surface area contributed by atoms with E-state index in [9.17, 15) is 0 Å². The van der Waals surface area contributed by atoms with Gasteiger partial charge in [-0.1, -0.05) is 134 Å². The fourth-order valence-electron chi connectivity index (χ4n) is 9.31. The van der Waals surface area contributed by atoms with E-state index in [-0.39, 0.29) is 5.41 Å². The lowest BCUT2D eigenvalue weighted by molar-refractivity contribution is 0.483. The summed E-state index contributed by atoms with van der Waals surface area (Å²) in [5.74, 6) is 2.44. The van der Waals surface area contributed by atoms with Crippen LogP contribution >= 0.6 is 0 Å². The van der Waals surface area contributed by atoms with Gasteiger partial charge in [0.25, 0.3) is 0 Å². The summed E-state index contributed by atoms with van der Waals surface area (Å²) in [6.07, 6.45) is 1.92. The molecule has 0 spiro atoms. The molecule has 0 atom stereocenters. The molecule has 0 bridgehead atoms. The molecule has 9 aromatic rings. The highest BCUT2D eigenvalue weighted by molar-refractivity contribution is 6.09. The molecule has 2 aromatic heterocycles. The van der Waals surface area contributed by atoms with Crippen LogP contribution in [0.4, 0.5) is 22.7 Å². The molecule has 0 unspecified atom stereocenters. The van der Waals surface area contributed by atoms with Crippen molar-refractivity contribution < 1.29 is 4.74 Å². The average Bonchev–Trinajstić information content (AvgIpc) is 3.78. The van der Waals surface area contributed by atoms with Gasteiger partial charge >= 0.3 is 0 Å². The molecule has 0 aliphatic carbocycles. The summed E-state index contributed by atoms with van der Waals surface area (Å²) in [5, 5.41) is 2.35. The molecule has 0 N–H and O–H groups in total. The van der Waals surface area contributed by atoms with E-state index in [4.69, 9.17) is 9.72 Å². The summed E-state index contributed by atoms with van der Waals surface area (Å²) >= 11 is 0. The number of para-hydroxylation sites is 4. The van der Waals surface area contributed by atoms with Crippen LogP contribution in [-0.4, -0.2) is 16.2 Å². The number of aromatic nitrogens is 2. The maximum absolute atomic E-state index is 6.78. The molecule has 5 nitrogen and oxygen atoms in total. The van der Waals surface area contributed by atoms with Gasteiger partial charge in [0.2, 0.25) is 0 Å². The Labute approximate surface area is 359 Å². The van der Waals surface area contributed by atoms with Crippen LogP contribution in [0.15, 0.2) is 164 Å². The molecule has 300 valence electrons. The fraction of sp³-hybridized carbons (Fsp3) is 0.161. The molecule has 0 amide bonds. The van der Waals surface area contributed by atoms with Crippen molar-refractivity contribution in [3.8, 4) is 39.6 Å². The number of pyridine rings is 1. The van der Waals surface area contributed by atoms with E-state index in [2.05, 4.69) is 214 Å². The molecule has 1 aliphatic heterocycles. The second-order valence-corrected chi connectivity index (χ2v) is 17.7. The highest BCUT2D eigenvalue weighted by Gasteiger charge is 2.31. The smallest absolute Gasteiger partial charge is 0.137 e. The van der Waals surface area contributed by atoms with Crippen molar-refractivity contribution in [1.82, 2.24) is 9.55 Å². The number of hydrogen-bond donors (Lipinski definition) is 0. The van der Waals surface area contributed by atoms with Crippen LogP contribution in [0, 0.1) is 27.7 Å². The summed E-state index contributed by atoms with van der Waals surface area (Å²) in [6.45, 7) is 16.1. The Bertz CT molecular complexity index is 3040. The standard InChI is InChI=1S/C56H50N4O/c1-36-26-37(2)29-40(28-36)46-17-13-18-47(41-30-38(3)27-39(4)31-41)55(46)59-35-58(51-20-10-11-21-52(51)59)43-14-12-15-44(33-43)61-45-22-23-49-48-16-8-9-19-50(48)60(53(49)34-45)54-32-42(24-25-57-54)56(5,6)7/h8-34H,35H2,1-7H3. The number of benzene rings is 7. The minimum Gasteiger partial charge on any atom is -0.457 e. The van der Waals surface area contributed by atoms with Crippen LogP contribution in [-0.2, 0) is 5.41 Å². The second-order valence-electron chi connectivity index (χ2n) is 17.7. The number of rotatable bonds is 7. The van der Waals surface area contributed by atoms with Gasteiger partial charge in [-0.25, -0.2) is 4.98 Å². The molecular formula is C56H50N4O. The highest BCUT2D eigenvalue weighted by atomic mass is 16.5. The van der Waals surface area contributed by atoms with Gasteiger partial charge in [-0.05, 0) is 104 Å². The maximum Gasteiger partial charge on any atom is 0.137 e. The van der Waals surface area contributed by atoms with Crippen molar-refractivity contribution >= 4 is 44.6 Å². The van der Waals surface area contributed by atoms with E-state index in [1.807, 2.05) is 12.3 Å². The second kappa shape index (κ2) is 14.9. The molecule has 5 heteroatoms. The van der Waals surface area contributed by atoms with Gasteiger partial charge in [0.15, 0.2) is 0 Å². The van der Waals surface area contributed by atoms with Crippen LogP contribution in [0.1, 0.15) is 48.6 Å². The summed E-state index contributed by atoms with van der Waals surface area (Å²) < 4.78 is 9.04. The lowest BCUT2D eigenvalue weighted by Gasteiger charge is -2.27. The van der Waals surface area contributed by atoms with E-state index in [0.717, 1.165) is 45.1 Å². The van der Waals surface area contributed by atoms with Crippen molar-refractivity contribution in [2.45, 2.75) is 53.9 Å². The summed E-state index contributed by atoms with van der Waals surface area (Å²) in [4.78, 5) is 9.79. The Hall–Kier alpha value is -7.11. The quantitative estimate of drug-likeness (QED) is 0.161. The summed E-state index contributed by atoms with van der Waals surface area (Å²) in [5.41, 5.74) is 17.9. The van der Waals surface area contributed by atoms with Crippen molar-refractivity contribution in [2.75, 3.05) is 16.5 Å². The van der Waals surface area contributed by atoms with Gasteiger partial charge in [-0.3, -0.25) is 4.57 Å². The molecule has 0 fully saturated rings. The normalized spacial score (nSPS) is 12.7. The topological polar surface area (TPSA) is 33.5 Å². The Kier molecular flexibility index (Phi) is 9.29. The SMILES string of the molecule is Cc1cc(C)cc(-c2cccc(-c3cc(C)cc(C)c3)c2N2CN(c3cccc(Oc4ccc5c6ccccc6n(-c6cc(C(C)(C)C)ccn6)c5c4)c3)c3ccccc32)c1. The third-order valence-corrected chi connectivity index (χ3v) is 12.0. The first-order valence-electron chi connectivity index (χ1n) is 21.2. The zero-order valence-corrected chi connectivity index (χ0v) is 36.0. The van der Waals surface area contributed by atoms with Crippen LogP contribution in [0.3, 0.4) is 0 Å². The zero-order valence-electron chi connectivity index (χ0n) is 36.0. The van der Waals surface area contributed by atoms with E-state index >= 15 is 0 Å². The Morgan fingerprint density at radius 1 is 0.508 bits per heavy atom. The van der Waals surface area contributed by atoms with Crippen LogP contribution in [0.25, 0.3) is 49.9 Å². The Morgan fingerprint density at radius 3 is 1.77 bits per heavy atom. The van der Waals surface area contributed by atoms with Crippen molar-refractivity contribution in [1.29, 1.82) is 0 Å². The molecule has 3 heterocycles. The van der Waals surface area contributed by atoms with Crippen LogP contribution in [0.2, 0.25) is 0 Å². The van der Waals surface area contributed by atoms with Gasteiger partial charge < -0.3 is 14.5 Å². The molecule has 0 saturated carbocycles. The van der Waals surface area contributed by atoms with Crippen molar-refractivity contribution in [3.63, 3.8) is 0 Å². The van der Waals surface area contributed by atoms with Gasteiger partial charge in [0, 0.05) is 45.9 Å². The molecule has 10 rings (SSSR count). The predicted molar refractivity (Wildman–Crippen MR) is 256 cm³/mol. The number of anilines is 4. The minimum absolute atomic E-state index is 0.00537. The molecule has 0 saturated heterocycles. The Balaban J connectivity index is 1.05. The lowest BCUT2D eigenvalue weighted by Crippen LogP contribution is -2.25. The molecule has 61 heavy (non-hydrogen) atoms. The number of nitrogens with zero attached hydrogens (tertiary/aromatic N) is 4. The van der Waals surface area contributed by atoms with Gasteiger partial charge in [0.1, 0.15) is 24.0 Å². The third-order valence-electron chi connectivity index (χ3n) is 12.0. The third kappa shape index (κ3) is 7.00. The first-order valence-corrected chi connectivity index (χ1v) is 21.2. The van der Waals surface area contributed by atoms with Crippen molar-refractivity contribution in [2.24, 2.45) is 0 Å². The lowest BCUT2D eigenvalue weighted by atomic mass is 9.88. The van der Waals surface area contributed by atoms with Gasteiger partial charge in [-0.2, -0.15) is 0 Å². The first kappa shape index (κ1) is 38.1. The number of fused-ring (bicyclic) bond motifs is 4. The van der Waals surface area contributed by atoms with Crippen molar-refractivity contribution in [3.05, 3.63) is 192 Å². The molecule has 0 radical (unpaired) electrons. The van der Waals surface area contributed by atoms with E-state index in [0.29, 0.717) is 6.67 Å². The number of ether oxygens (including phenoxy) is 1. The molecule has 1 aliphatic rings. The minimum atomic E-state index is -0.00537. The van der Waals surface area contributed by atoms with E-state index < -0.39 is 0 Å². The maximum atomic E-state index is 6.78. The zero-order chi connectivity index (χ0) is 42.0. The van der Waals surface area contributed by atoms with E-state index in [1.165, 1.54) is 66.8 Å². The van der Waals surface area contributed by atoms with Crippen LogP contribution in [0.5, 0.6) is 11.5 Å². The monoisotopic (exact) mass is 794 g/mol. The van der Waals surface area contributed by atoms with Crippen LogP contribution < -0.4 is 14.5 Å². The summed E-state index contributed by atoms with van der Waals surface area (Å²) in [7, 11) is 0. The van der Waals surface area contributed by atoms with Gasteiger partial charge in [-0.15, -0.1) is 0 Å². The van der Waals surface area contributed by atoms with E-state index in [1.54, 1.807) is 0 Å². The molecular weight excluding hydrogens is 745 g/mol. The Morgan fingerprint density at radius 2 is 1.10 bits per heavy atom. The molecule has 7 aromatic carbocycles. The largest absolute Gasteiger partial charge is 0.457 e. The number of aryl methyl sites for hydroxylation is 4. The van der Waals surface area contributed by atoms with Gasteiger partial charge in [0.05, 0.1) is 28.1 Å². The predicted octanol–water partition coefficient (Wildman–Crippen LogP) is 15.1. The summed E-state index contributed by atoms with van der Waals surface area (Å²) in [6, 6.07) is 57.1. The fourth-order valence-corrected chi connectivity index (χ4v) is 9.31. The average molecular weight is 795 g/mol. The number of hydrogen-bond acceptors (Lipinski definition) is 4. The highest BCUT2D eigenvalue weighted by Crippen LogP contribution is 2.50.